The van der Waals surface area contributed by atoms with Gasteiger partial charge in [-0.25, -0.2) is 0 Å². The van der Waals surface area contributed by atoms with Crippen LogP contribution in [0.2, 0.25) is 0 Å². The highest BCUT2D eigenvalue weighted by Gasteiger charge is 2.03. The van der Waals surface area contributed by atoms with Crippen molar-refractivity contribution in [3.63, 3.8) is 0 Å². The molecule has 0 atom stereocenters. The summed E-state index contributed by atoms with van der Waals surface area (Å²) in [5, 5.41) is 0. The lowest BCUT2D eigenvalue weighted by Crippen LogP contribution is -2.16. The molecule has 0 aromatic rings. The summed E-state index contributed by atoms with van der Waals surface area (Å²) in [5.41, 5.74) is 0. The van der Waals surface area contributed by atoms with Crippen LogP contribution in [0.5, 0.6) is 0 Å². The third-order valence-electron chi connectivity index (χ3n) is 1.66. The van der Waals surface area contributed by atoms with E-state index in [4.69, 9.17) is 9.47 Å². The van der Waals surface area contributed by atoms with Crippen LogP contribution < -0.4 is 0 Å². The normalized spacial score (nSPS) is 11.7. The van der Waals surface area contributed by atoms with E-state index in [-0.39, 0.29) is 6.29 Å². The summed E-state index contributed by atoms with van der Waals surface area (Å²) in [6, 6.07) is 0. The van der Waals surface area contributed by atoms with Crippen LogP contribution in [0, 0.1) is 0 Å². The topological polar surface area (TPSA) is 18.5 Å². The third-order valence-corrected chi connectivity index (χ3v) is 1.66. The van der Waals surface area contributed by atoms with Gasteiger partial charge in [-0.3, -0.25) is 0 Å². The van der Waals surface area contributed by atoms with Crippen LogP contribution >= 0.6 is 0 Å². The minimum Gasteiger partial charge on any atom is -0.353 e. The van der Waals surface area contributed by atoms with Crippen molar-refractivity contribution in [2.45, 2.75) is 46.3 Å². The van der Waals surface area contributed by atoms with Crippen LogP contribution in [0.1, 0.15) is 40.0 Å². The zero-order valence-corrected chi connectivity index (χ0v) is 9.08. The van der Waals surface area contributed by atoms with Crippen LogP contribution in [-0.2, 0) is 9.47 Å². The van der Waals surface area contributed by atoms with Crippen LogP contribution in [0.3, 0.4) is 0 Å². The second-order valence-electron chi connectivity index (χ2n) is 2.84. The molecule has 0 fully saturated rings. The van der Waals surface area contributed by atoms with Gasteiger partial charge in [-0.05, 0) is 20.3 Å². The van der Waals surface area contributed by atoms with Crippen molar-refractivity contribution in [2.75, 3.05) is 13.2 Å². The van der Waals surface area contributed by atoms with Crippen molar-refractivity contribution in [2.24, 2.45) is 0 Å². The minimum absolute atomic E-state index is 0.0527. The number of ether oxygens (including phenoxy) is 2. The van der Waals surface area contributed by atoms with Crippen LogP contribution in [0.15, 0.2) is 12.2 Å². The summed E-state index contributed by atoms with van der Waals surface area (Å²) in [5.74, 6) is 0. The highest BCUT2D eigenvalue weighted by molar-refractivity contribution is 4.82. The number of unbranched alkanes of at least 4 members (excludes halogenated alkanes) is 1. The molecule has 0 saturated carbocycles. The fourth-order valence-electron chi connectivity index (χ4n) is 1.05. The molecule has 13 heavy (non-hydrogen) atoms. The molecule has 0 amide bonds. The second-order valence-corrected chi connectivity index (χ2v) is 2.84. The van der Waals surface area contributed by atoms with E-state index in [1.807, 2.05) is 13.8 Å². The molecule has 0 heterocycles. The first kappa shape index (κ1) is 12.7. The molecule has 2 heteroatoms. The molecule has 0 aliphatic rings. The lowest BCUT2D eigenvalue weighted by Gasteiger charge is -2.14. The quantitative estimate of drug-likeness (QED) is 0.428. The molecule has 0 bridgehead atoms. The van der Waals surface area contributed by atoms with Crippen LogP contribution in [-0.4, -0.2) is 19.5 Å². The Morgan fingerprint density at radius 2 is 1.62 bits per heavy atom. The average molecular weight is 186 g/mol. The van der Waals surface area contributed by atoms with Gasteiger partial charge in [0.1, 0.15) is 0 Å². The van der Waals surface area contributed by atoms with Crippen molar-refractivity contribution in [3.05, 3.63) is 12.2 Å². The number of hydrogen-bond acceptors (Lipinski definition) is 2. The molecule has 0 aliphatic heterocycles. The van der Waals surface area contributed by atoms with E-state index in [2.05, 4.69) is 19.1 Å². The third kappa shape index (κ3) is 8.00. The molecule has 78 valence electrons. The van der Waals surface area contributed by atoms with E-state index in [0.29, 0.717) is 13.2 Å². The summed E-state index contributed by atoms with van der Waals surface area (Å²) >= 11 is 0. The number of rotatable bonds is 8. The molecule has 2 nitrogen and oxygen atoms in total. The van der Waals surface area contributed by atoms with E-state index >= 15 is 0 Å². The molecule has 0 spiro atoms. The molecule has 0 unspecified atom stereocenters. The maximum absolute atomic E-state index is 5.39. The van der Waals surface area contributed by atoms with Gasteiger partial charge in [0.05, 0.1) is 0 Å². The van der Waals surface area contributed by atoms with E-state index in [9.17, 15) is 0 Å². The van der Waals surface area contributed by atoms with Crippen molar-refractivity contribution in [1.82, 2.24) is 0 Å². The SMILES string of the molecule is CCC/C=C/CC(OCC)OCC. The number of hydrogen-bond donors (Lipinski definition) is 0. The summed E-state index contributed by atoms with van der Waals surface area (Å²) in [4.78, 5) is 0. The Hall–Kier alpha value is -0.340. The molecule has 0 aromatic heterocycles. The standard InChI is InChI=1S/C11H22O2/c1-4-7-8-9-10-11(12-5-2)13-6-3/h8-9,11H,4-7,10H2,1-3H3/b9-8+. The maximum Gasteiger partial charge on any atom is 0.160 e. The summed E-state index contributed by atoms with van der Waals surface area (Å²) in [7, 11) is 0. The highest BCUT2D eigenvalue weighted by atomic mass is 16.7. The van der Waals surface area contributed by atoms with Gasteiger partial charge in [0.2, 0.25) is 0 Å². The summed E-state index contributed by atoms with van der Waals surface area (Å²) in [6.07, 6.45) is 7.48. The van der Waals surface area contributed by atoms with E-state index < -0.39 is 0 Å². The largest absolute Gasteiger partial charge is 0.353 e. The van der Waals surface area contributed by atoms with E-state index in [0.717, 1.165) is 12.8 Å². The molecular formula is C11H22O2. The predicted octanol–water partition coefficient (Wildman–Crippen LogP) is 3.13. The Balaban J connectivity index is 3.54. The van der Waals surface area contributed by atoms with Crippen molar-refractivity contribution < 1.29 is 9.47 Å². The van der Waals surface area contributed by atoms with E-state index in [1.165, 1.54) is 6.42 Å². The van der Waals surface area contributed by atoms with Gasteiger partial charge in [-0.2, -0.15) is 0 Å². The van der Waals surface area contributed by atoms with Gasteiger partial charge in [0.25, 0.3) is 0 Å². The summed E-state index contributed by atoms with van der Waals surface area (Å²) in [6.45, 7) is 7.58. The van der Waals surface area contributed by atoms with E-state index in [1.54, 1.807) is 0 Å². The zero-order valence-electron chi connectivity index (χ0n) is 9.08. The molecule has 0 saturated heterocycles. The molecule has 0 rings (SSSR count). The Bertz CT molecular complexity index is 115. The molecule has 0 aromatic carbocycles. The van der Waals surface area contributed by atoms with Gasteiger partial charge < -0.3 is 9.47 Å². The molecular weight excluding hydrogens is 164 g/mol. The first-order chi connectivity index (χ1) is 6.35. The van der Waals surface area contributed by atoms with Crippen molar-refractivity contribution in [3.8, 4) is 0 Å². The average Bonchev–Trinajstić information content (AvgIpc) is 2.13. The van der Waals surface area contributed by atoms with Gasteiger partial charge in [0.15, 0.2) is 6.29 Å². The van der Waals surface area contributed by atoms with Gasteiger partial charge in [0, 0.05) is 19.6 Å². The first-order valence-electron chi connectivity index (χ1n) is 5.23. The highest BCUT2D eigenvalue weighted by Crippen LogP contribution is 2.02. The zero-order chi connectivity index (χ0) is 9.94. The molecule has 0 radical (unpaired) electrons. The smallest absolute Gasteiger partial charge is 0.160 e. The lowest BCUT2D eigenvalue weighted by molar-refractivity contribution is -0.133. The predicted molar refractivity (Wildman–Crippen MR) is 55.7 cm³/mol. The van der Waals surface area contributed by atoms with Gasteiger partial charge in [-0.1, -0.05) is 25.5 Å². The molecule has 0 N–H and O–H groups in total. The fourth-order valence-corrected chi connectivity index (χ4v) is 1.05. The first-order valence-corrected chi connectivity index (χ1v) is 5.23. The van der Waals surface area contributed by atoms with Crippen LogP contribution in [0.25, 0.3) is 0 Å². The van der Waals surface area contributed by atoms with Crippen molar-refractivity contribution >= 4 is 0 Å². The minimum atomic E-state index is -0.0527. The fraction of sp³-hybridized carbons (Fsp3) is 0.818. The Kier molecular flexibility index (Phi) is 9.49. The van der Waals surface area contributed by atoms with Gasteiger partial charge in [-0.15, -0.1) is 0 Å². The Morgan fingerprint density at radius 3 is 2.08 bits per heavy atom. The number of allylic oxidation sites excluding steroid dienone is 1. The second kappa shape index (κ2) is 9.75. The Labute approximate surface area is 81.9 Å². The van der Waals surface area contributed by atoms with Crippen LogP contribution in [0.4, 0.5) is 0 Å². The molecule has 0 aliphatic carbocycles. The van der Waals surface area contributed by atoms with Gasteiger partial charge >= 0.3 is 0 Å². The maximum atomic E-state index is 5.39. The van der Waals surface area contributed by atoms with Crippen molar-refractivity contribution in [1.29, 1.82) is 0 Å². The lowest BCUT2D eigenvalue weighted by atomic mass is 10.3. The monoisotopic (exact) mass is 186 g/mol. The Morgan fingerprint density at radius 1 is 1.00 bits per heavy atom. The summed E-state index contributed by atoms with van der Waals surface area (Å²) < 4.78 is 10.8.